The van der Waals surface area contributed by atoms with Gasteiger partial charge in [-0.3, -0.25) is 9.59 Å². The van der Waals surface area contributed by atoms with Crippen LogP contribution >= 0.6 is 0 Å². The number of aryl methyl sites for hydroxylation is 2. The van der Waals surface area contributed by atoms with Crippen LogP contribution in [0.5, 0.6) is 0 Å². The van der Waals surface area contributed by atoms with Crippen molar-refractivity contribution in [1.29, 1.82) is 0 Å². The van der Waals surface area contributed by atoms with E-state index in [2.05, 4.69) is 27.7 Å². The summed E-state index contributed by atoms with van der Waals surface area (Å²) in [4.78, 5) is 31.6. The zero-order chi connectivity index (χ0) is 26.4. The van der Waals surface area contributed by atoms with Gasteiger partial charge in [-0.05, 0) is 74.9 Å². The van der Waals surface area contributed by atoms with Crippen LogP contribution in [-0.2, 0) is 28.6 Å². The van der Waals surface area contributed by atoms with E-state index in [1.807, 2.05) is 0 Å². The minimum Gasteiger partial charge on any atom is -0.481 e. The van der Waals surface area contributed by atoms with Gasteiger partial charge < -0.3 is 20.6 Å². The van der Waals surface area contributed by atoms with E-state index < -0.39 is 23.6 Å². The molecule has 2 aliphatic heterocycles. The molecule has 2 aromatic rings. The van der Waals surface area contributed by atoms with Gasteiger partial charge in [-0.1, -0.05) is 24.3 Å². The van der Waals surface area contributed by atoms with Crippen LogP contribution in [0.25, 0.3) is 0 Å². The van der Waals surface area contributed by atoms with E-state index in [1.54, 1.807) is 0 Å². The van der Waals surface area contributed by atoms with Gasteiger partial charge in [0.05, 0.1) is 17.4 Å². The molecule has 0 saturated carbocycles. The topological polar surface area (TPSA) is 94.6 Å². The number of aromatic nitrogens is 1. The molecule has 37 heavy (non-hydrogen) atoms. The summed E-state index contributed by atoms with van der Waals surface area (Å²) >= 11 is 0. The number of alkyl halides is 3. The number of amides is 1. The van der Waals surface area contributed by atoms with E-state index in [-0.39, 0.29) is 23.9 Å². The summed E-state index contributed by atoms with van der Waals surface area (Å²) in [6, 6.07) is 8.49. The molecule has 0 aliphatic carbocycles. The molecule has 0 bridgehead atoms. The summed E-state index contributed by atoms with van der Waals surface area (Å²) in [5.41, 5.74) is 1.41. The fourth-order valence-electron chi connectivity index (χ4n) is 5.09. The lowest BCUT2D eigenvalue weighted by molar-refractivity contribution is -0.140. The van der Waals surface area contributed by atoms with Crippen molar-refractivity contribution in [2.75, 3.05) is 38.0 Å². The van der Waals surface area contributed by atoms with E-state index in [0.717, 1.165) is 75.4 Å². The van der Waals surface area contributed by atoms with Gasteiger partial charge in [-0.15, -0.1) is 0 Å². The molecular weight excluding hydrogens is 485 g/mol. The van der Waals surface area contributed by atoms with Crippen molar-refractivity contribution in [3.05, 3.63) is 58.8 Å². The van der Waals surface area contributed by atoms with E-state index in [1.165, 1.54) is 17.7 Å². The number of nitrogens with one attached hydrogen (secondary N) is 2. The number of nitrogens with zero attached hydrogens (tertiary/aromatic N) is 2. The number of halogens is 3. The Kier molecular flexibility index (Phi) is 8.68. The van der Waals surface area contributed by atoms with Gasteiger partial charge in [0, 0.05) is 25.3 Å². The highest BCUT2D eigenvalue weighted by atomic mass is 19.4. The molecule has 10 heteroatoms. The summed E-state index contributed by atoms with van der Waals surface area (Å²) in [6.45, 7) is 2.99. The Balaban J connectivity index is 1.27. The smallest absolute Gasteiger partial charge is 0.416 e. The maximum absolute atomic E-state index is 13.1. The number of carboxylic acid groups (broad SMARTS) is 1. The number of hydrogen-bond donors (Lipinski definition) is 3. The Morgan fingerprint density at radius 2 is 2.05 bits per heavy atom. The number of hydrogen-bond acceptors (Lipinski definition) is 5. The van der Waals surface area contributed by atoms with Gasteiger partial charge in [-0.25, -0.2) is 4.98 Å². The minimum absolute atomic E-state index is 0.0129. The Bertz CT molecular complexity index is 1110. The molecule has 7 nitrogen and oxygen atoms in total. The number of carboxylic acids is 1. The first-order chi connectivity index (χ1) is 17.7. The summed E-state index contributed by atoms with van der Waals surface area (Å²) in [6.07, 6.45) is 0.924. The van der Waals surface area contributed by atoms with Crippen molar-refractivity contribution < 1.29 is 27.9 Å². The van der Waals surface area contributed by atoms with Crippen LogP contribution in [-0.4, -0.2) is 59.6 Å². The number of anilines is 1. The molecule has 0 spiro atoms. The molecule has 3 heterocycles. The standard InChI is InChI=1S/C27H33F3N4O3/c28-27(29,30)21-8-1-5-19(15-21)23(26(36)37)16-32-25(35)20-7-3-13-34(17-20)14-4-9-22-11-10-18-6-2-12-31-24(18)33-22/h1,5,8,10-11,15,20,23H,2-4,6-7,9,12-14,16-17H2,(H,31,33)(H,32,35)(H,36,37)/t20-,23+/m1/s1. The summed E-state index contributed by atoms with van der Waals surface area (Å²) in [7, 11) is 0. The zero-order valence-corrected chi connectivity index (χ0v) is 20.7. The second-order valence-corrected chi connectivity index (χ2v) is 9.84. The van der Waals surface area contributed by atoms with Crippen LogP contribution in [0.4, 0.5) is 19.0 Å². The quantitative estimate of drug-likeness (QED) is 0.463. The molecular formula is C27H33F3N4O3. The monoisotopic (exact) mass is 518 g/mol. The number of pyridine rings is 1. The first-order valence-corrected chi connectivity index (χ1v) is 12.8. The van der Waals surface area contributed by atoms with E-state index in [0.29, 0.717) is 13.0 Å². The largest absolute Gasteiger partial charge is 0.481 e. The molecule has 1 saturated heterocycles. The van der Waals surface area contributed by atoms with Gasteiger partial charge in [-0.2, -0.15) is 13.2 Å². The predicted octanol–water partition coefficient (Wildman–Crippen LogP) is 4.09. The molecule has 1 fully saturated rings. The maximum atomic E-state index is 13.1. The summed E-state index contributed by atoms with van der Waals surface area (Å²) < 4.78 is 39.2. The Labute approximate surface area is 214 Å². The number of carbonyl (C=O) groups is 2. The predicted molar refractivity (Wildman–Crippen MR) is 133 cm³/mol. The average Bonchev–Trinajstić information content (AvgIpc) is 2.88. The first kappa shape index (κ1) is 26.9. The normalized spacial score (nSPS) is 18.9. The Morgan fingerprint density at radius 3 is 2.84 bits per heavy atom. The molecule has 4 rings (SSSR count). The van der Waals surface area contributed by atoms with Crippen LogP contribution in [0, 0.1) is 5.92 Å². The summed E-state index contributed by atoms with van der Waals surface area (Å²) in [5.74, 6) is -2.09. The number of rotatable bonds is 9. The van der Waals surface area contributed by atoms with Crippen molar-refractivity contribution in [1.82, 2.24) is 15.2 Å². The SMILES string of the molecule is O=C(NC[C@H](C(=O)O)c1cccc(C(F)(F)F)c1)[C@@H]1CCCN(CCCc2ccc3c(n2)NCCC3)C1. The number of benzene rings is 1. The van der Waals surface area contributed by atoms with Crippen molar-refractivity contribution in [2.24, 2.45) is 5.92 Å². The highest BCUT2D eigenvalue weighted by molar-refractivity contribution is 5.81. The summed E-state index contributed by atoms with van der Waals surface area (Å²) in [5, 5.41) is 15.6. The number of piperidine rings is 1. The molecule has 2 atom stereocenters. The molecule has 200 valence electrons. The average molecular weight is 519 g/mol. The van der Waals surface area contributed by atoms with Crippen LogP contribution in [0.3, 0.4) is 0 Å². The van der Waals surface area contributed by atoms with Crippen LogP contribution in [0.1, 0.15) is 54.0 Å². The third-order valence-electron chi connectivity index (χ3n) is 7.13. The molecule has 3 N–H and O–H groups in total. The van der Waals surface area contributed by atoms with Crippen LogP contribution in [0.15, 0.2) is 36.4 Å². The molecule has 1 aromatic heterocycles. The highest BCUT2D eigenvalue weighted by Gasteiger charge is 2.32. The van der Waals surface area contributed by atoms with Crippen molar-refractivity contribution in [3.8, 4) is 0 Å². The van der Waals surface area contributed by atoms with Gasteiger partial charge in [0.25, 0.3) is 0 Å². The Hall–Kier alpha value is -3.14. The third kappa shape index (κ3) is 7.21. The lowest BCUT2D eigenvalue weighted by Crippen LogP contribution is -2.44. The minimum atomic E-state index is -4.57. The molecule has 2 aliphatic rings. The third-order valence-corrected chi connectivity index (χ3v) is 7.13. The van der Waals surface area contributed by atoms with Crippen LogP contribution < -0.4 is 10.6 Å². The molecule has 1 amide bonds. The lowest BCUT2D eigenvalue weighted by Gasteiger charge is -2.32. The fourth-order valence-corrected chi connectivity index (χ4v) is 5.09. The number of fused-ring (bicyclic) bond motifs is 1. The van der Waals surface area contributed by atoms with Crippen molar-refractivity contribution in [2.45, 2.75) is 50.6 Å². The van der Waals surface area contributed by atoms with Crippen LogP contribution in [0.2, 0.25) is 0 Å². The van der Waals surface area contributed by atoms with Gasteiger partial charge >= 0.3 is 12.1 Å². The number of aliphatic carboxylic acids is 1. The molecule has 0 radical (unpaired) electrons. The second-order valence-electron chi connectivity index (χ2n) is 9.84. The molecule has 1 aromatic carbocycles. The lowest BCUT2D eigenvalue weighted by atomic mass is 9.94. The second kappa shape index (κ2) is 11.9. The number of likely N-dealkylation sites (tertiary alicyclic amines) is 1. The zero-order valence-electron chi connectivity index (χ0n) is 20.7. The van der Waals surface area contributed by atoms with Gasteiger partial charge in [0.15, 0.2) is 0 Å². The fraction of sp³-hybridized carbons (Fsp3) is 0.519. The van der Waals surface area contributed by atoms with E-state index in [4.69, 9.17) is 4.98 Å². The van der Waals surface area contributed by atoms with Gasteiger partial charge in [0.1, 0.15) is 5.82 Å². The highest BCUT2D eigenvalue weighted by Crippen LogP contribution is 2.31. The van der Waals surface area contributed by atoms with E-state index >= 15 is 0 Å². The van der Waals surface area contributed by atoms with Crippen molar-refractivity contribution in [3.63, 3.8) is 0 Å². The maximum Gasteiger partial charge on any atom is 0.416 e. The first-order valence-electron chi connectivity index (χ1n) is 12.8. The van der Waals surface area contributed by atoms with E-state index in [9.17, 15) is 27.9 Å². The number of carbonyl (C=O) groups excluding carboxylic acids is 1. The van der Waals surface area contributed by atoms with Crippen molar-refractivity contribution >= 4 is 17.7 Å². The molecule has 0 unspecified atom stereocenters. The van der Waals surface area contributed by atoms with Gasteiger partial charge in [0.2, 0.25) is 5.91 Å². The Morgan fingerprint density at radius 1 is 1.22 bits per heavy atom.